The van der Waals surface area contributed by atoms with Gasteiger partial charge in [0.25, 0.3) is 0 Å². The second kappa shape index (κ2) is 5.66. The average molecular weight is 340 g/mol. The van der Waals surface area contributed by atoms with E-state index in [9.17, 15) is 0 Å². The molecule has 0 fully saturated rings. The van der Waals surface area contributed by atoms with Crippen LogP contribution in [0.25, 0.3) is 0 Å². The molecule has 0 unspecified atom stereocenters. The Labute approximate surface area is 70.4 Å². The van der Waals surface area contributed by atoms with Gasteiger partial charge in [0, 0.05) is 0 Å². The van der Waals surface area contributed by atoms with Gasteiger partial charge in [0.05, 0.1) is 0 Å². The summed E-state index contributed by atoms with van der Waals surface area (Å²) in [5.74, 6) is 0. The molecule has 0 saturated heterocycles. The Hall–Kier alpha value is 1.53. The zero-order valence-electron chi connectivity index (χ0n) is 2.90. The number of phosphoric acid groups is 1. The van der Waals surface area contributed by atoms with Crippen molar-refractivity contribution in [3.63, 3.8) is 0 Å². The maximum atomic E-state index is 8.88. The third kappa shape index (κ3) is 98.7. The van der Waals surface area contributed by atoms with Crippen molar-refractivity contribution in [1.82, 2.24) is 0 Å². The Bertz CT molecular complexity index is 57.8. The topological polar surface area (TPSA) is 77.8 Å². The van der Waals surface area contributed by atoms with Crippen LogP contribution in [0, 0.1) is 0 Å². The summed E-state index contributed by atoms with van der Waals surface area (Å²) in [6, 6.07) is 0. The van der Waals surface area contributed by atoms with Gasteiger partial charge in [-0.2, -0.15) is 0 Å². The summed E-state index contributed by atoms with van der Waals surface area (Å²) in [7, 11) is -4.64. The molecule has 7 heavy (non-hydrogen) atoms. The molecule has 0 aliphatic rings. The molecule has 0 spiro atoms. The molecular weight excluding hydrogens is 331 g/mol. The summed E-state index contributed by atoms with van der Waals surface area (Å²) >= 11 is 0. The van der Waals surface area contributed by atoms with Crippen molar-refractivity contribution < 1.29 is 19.2 Å². The fraction of sp³-hybridized carbons (Fsp3) is 0. The van der Waals surface area contributed by atoms with Gasteiger partial charge in [-0.25, -0.2) is 4.57 Å². The van der Waals surface area contributed by atoms with Gasteiger partial charge in [-0.05, 0) is 0 Å². The van der Waals surface area contributed by atoms with Crippen molar-refractivity contribution >= 4 is 51.4 Å². The molecule has 0 bridgehead atoms. The van der Waals surface area contributed by atoms with Gasteiger partial charge in [0.15, 0.2) is 17.4 Å². The minimum atomic E-state index is -4.64. The second-order valence-corrected chi connectivity index (χ2v) is 1.54. The van der Waals surface area contributed by atoms with Gasteiger partial charge in [-0.3, -0.25) is 0 Å². The summed E-state index contributed by atoms with van der Waals surface area (Å²) in [6.07, 6.45) is 0. The molecule has 0 aliphatic heterocycles. The van der Waals surface area contributed by atoms with E-state index in [-0.39, 0.29) is 43.6 Å². The van der Waals surface area contributed by atoms with E-state index >= 15 is 0 Å². The summed E-state index contributed by atoms with van der Waals surface area (Å²) in [5.41, 5.74) is 0. The molecule has 7 heteroatoms. The maximum absolute atomic E-state index is 8.88. The van der Waals surface area contributed by atoms with Crippen LogP contribution >= 0.6 is 7.82 Å². The van der Waals surface area contributed by atoms with Crippen LogP contribution < -0.4 is 0 Å². The monoisotopic (exact) mass is 340 g/mol. The molecule has 46 valence electrons. The molecule has 3 N–H and O–H groups in total. The third-order valence-electron chi connectivity index (χ3n) is 0. The van der Waals surface area contributed by atoms with Gasteiger partial charge in [-0.15, -0.1) is 0 Å². The Morgan fingerprint density at radius 2 is 1.14 bits per heavy atom. The first-order chi connectivity index (χ1) is 2.00. The first-order valence-corrected chi connectivity index (χ1v) is 2.35. The summed E-state index contributed by atoms with van der Waals surface area (Å²) in [4.78, 5) is 21.6. The van der Waals surface area contributed by atoms with E-state index in [2.05, 4.69) is 0 Å². The van der Waals surface area contributed by atoms with E-state index in [1.54, 1.807) is 0 Å². The molecule has 0 radical (unpaired) electrons. The predicted molar refractivity (Wildman–Crippen MR) is 34.1 cm³/mol. The van der Waals surface area contributed by atoms with Crippen LogP contribution in [0.5, 0.6) is 0 Å². The van der Waals surface area contributed by atoms with Crippen molar-refractivity contribution in [2.45, 2.75) is 0 Å². The molecule has 0 atom stereocenters. The van der Waals surface area contributed by atoms with Crippen molar-refractivity contribution in [3.05, 3.63) is 0 Å². The molecule has 0 saturated carbocycles. The van der Waals surface area contributed by atoms with Crippen molar-refractivity contribution in [2.75, 3.05) is 0 Å². The van der Waals surface area contributed by atoms with Crippen molar-refractivity contribution in [3.8, 4) is 0 Å². The first kappa shape index (κ1) is 15.8. The summed E-state index contributed by atoms with van der Waals surface area (Å²) < 4.78 is 8.88. The standard InChI is InChI=1S/Al.Bi.H3O4P.6H/c;;1-5(2,3)4;;;;;;/h;;(H3,1,2,3,4);;;;;;. The van der Waals surface area contributed by atoms with Gasteiger partial charge in [0.2, 0.25) is 0 Å². The van der Waals surface area contributed by atoms with Crippen LogP contribution in [0.2, 0.25) is 0 Å². The molecule has 0 aromatic rings. The molecular formula is H9AlBiO4P. The Kier molecular flexibility index (Phi) is 12.8. The van der Waals surface area contributed by atoms with E-state index in [1.807, 2.05) is 0 Å². The number of hydrogen-bond acceptors (Lipinski definition) is 1. The molecule has 0 heterocycles. The number of hydrogen-bond donors (Lipinski definition) is 3. The van der Waals surface area contributed by atoms with Gasteiger partial charge in [-0.1, -0.05) is 0 Å². The first-order valence-electron chi connectivity index (χ1n) is 0.783. The third-order valence-corrected chi connectivity index (χ3v) is 0. The molecule has 0 rings (SSSR count). The van der Waals surface area contributed by atoms with Gasteiger partial charge < -0.3 is 14.7 Å². The number of rotatable bonds is 0. The SMILES string of the molecule is O=P(O)(O)O.[AlH3].[BiH3]. The summed E-state index contributed by atoms with van der Waals surface area (Å²) in [6.45, 7) is 0. The fourth-order valence-electron chi connectivity index (χ4n) is 0. The van der Waals surface area contributed by atoms with Crippen molar-refractivity contribution in [2.24, 2.45) is 0 Å². The van der Waals surface area contributed by atoms with Crippen LogP contribution in [0.15, 0.2) is 0 Å². The molecule has 0 aromatic carbocycles. The van der Waals surface area contributed by atoms with E-state index in [4.69, 9.17) is 19.2 Å². The van der Waals surface area contributed by atoms with Gasteiger partial charge >= 0.3 is 34.0 Å². The zero-order valence-corrected chi connectivity index (χ0v) is 9.30. The van der Waals surface area contributed by atoms with Crippen LogP contribution in [0.1, 0.15) is 0 Å². The summed E-state index contributed by atoms with van der Waals surface area (Å²) in [5, 5.41) is 0. The fourth-order valence-corrected chi connectivity index (χ4v) is 0. The Morgan fingerprint density at radius 1 is 1.14 bits per heavy atom. The second-order valence-electron chi connectivity index (χ2n) is 0.513. The van der Waals surface area contributed by atoms with E-state index < -0.39 is 7.82 Å². The molecule has 0 amide bonds. The Morgan fingerprint density at radius 3 is 1.14 bits per heavy atom. The molecule has 0 aromatic heterocycles. The molecule has 0 aliphatic carbocycles. The van der Waals surface area contributed by atoms with Crippen LogP contribution in [0.4, 0.5) is 0 Å². The van der Waals surface area contributed by atoms with Crippen LogP contribution in [-0.4, -0.2) is 58.2 Å². The average Bonchev–Trinajstić information content (AvgIpc) is 0.722. The minimum absolute atomic E-state index is 0. The van der Waals surface area contributed by atoms with Crippen LogP contribution in [0.3, 0.4) is 0 Å². The van der Waals surface area contributed by atoms with E-state index in [0.717, 1.165) is 0 Å². The van der Waals surface area contributed by atoms with E-state index in [0.29, 0.717) is 0 Å². The van der Waals surface area contributed by atoms with Crippen molar-refractivity contribution in [1.29, 1.82) is 0 Å². The van der Waals surface area contributed by atoms with Gasteiger partial charge in [0.1, 0.15) is 0 Å². The molecule has 4 nitrogen and oxygen atoms in total. The quantitative estimate of drug-likeness (QED) is 0.319. The predicted octanol–water partition coefficient (Wildman–Crippen LogP) is -3.30. The van der Waals surface area contributed by atoms with E-state index in [1.165, 1.54) is 0 Å². The normalized spacial score (nSPS) is 8.43. The van der Waals surface area contributed by atoms with Crippen LogP contribution in [-0.2, 0) is 4.57 Å². The zero-order chi connectivity index (χ0) is 4.50. The Balaban J connectivity index is -0.0000000800.